The third kappa shape index (κ3) is 6.88. The number of aromatic nitrogens is 4. The van der Waals surface area contributed by atoms with Crippen molar-refractivity contribution in [1.29, 1.82) is 0 Å². The number of hydrogen-bond acceptors (Lipinski definition) is 10. The highest BCUT2D eigenvalue weighted by atomic mass is 19.4. The number of H-pyrrole nitrogens is 1. The molecule has 1 atom stereocenters. The van der Waals surface area contributed by atoms with Crippen LogP contribution in [0.4, 0.5) is 24.8 Å². The van der Waals surface area contributed by atoms with Gasteiger partial charge in [-0.2, -0.15) is 18.3 Å². The lowest BCUT2D eigenvalue weighted by molar-refractivity contribution is -0.138. The van der Waals surface area contributed by atoms with Crippen LogP contribution in [-0.2, 0) is 15.7 Å². The minimum absolute atomic E-state index is 0.00674. The Morgan fingerprint density at radius 3 is 2.47 bits per heavy atom. The second-order valence-corrected chi connectivity index (χ2v) is 7.94. The quantitative estimate of drug-likeness (QED) is 0.207. The standard InChI is InChI=1S/C20H25F3N8O5/c1-12(27-14-10-26-28-18(34)16(14)20(21,22)23)11-36-7-2-15(32)30-3-5-31(6-4-30)19-24-8-13(9-25-19)17(33)29-35/h8-10,12,35H,2-7,11H2,1H3,(H,29,33)(H2,27,28,34)/t12-/m0/s1. The summed E-state index contributed by atoms with van der Waals surface area (Å²) in [5, 5.41) is 16.4. The van der Waals surface area contributed by atoms with Crippen LogP contribution in [0.5, 0.6) is 0 Å². The number of halogens is 3. The number of nitrogens with one attached hydrogen (secondary N) is 3. The molecule has 1 aliphatic rings. The topological polar surface area (TPSA) is 166 Å². The van der Waals surface area contributed by atoms with E-state index in [9.17, 15) is 27.6 Å². The summed E-state index contributed by atoms with van der Waals surface area (Å²) in [6.07, 6.45) is -1.30. The first-order chi connectivity index (χ1) is 17.1. The lowest BCUT2D eigenvalue weighted by atomic mass is 10.2. The molecule has 36 heavy (non-hydrogen) atoms. The van der Waals surface area contributed by atoms with Crippen LogP contribution < -0.4 is 21.3 Å². The van der Waals surface area contributed by atoms with E-state index < -0.39 is 34.9 Å². The third-order valence-corrected chi connectivity index (χ3v) is 5.29. The van der Waals surface area contributed by atoms with Gasteiger partial charge in [0.15, 0.2) is 0 Å². The van der Waals surface area contributed by atoms with Crippen molar-refractivity contribution in [3.63, 3.8) is 0 Å². The molecule has 1 aliphatic heterocycles. The molecule has 13 nitrogen and oxygen atoms in total. The molecule has 0 spiro atoms. The Kier molecular flexibility index (Phi) is 8.76. The molecule has 1 saturated heterocycles. The number of rotatable bonds is 9. The number of amides is 2. The van der Waals surface area contributed by atoms with Crippen LogP contribution in [0.3, 0.4) is 0 Å². The van der Waals surface area contributed by atoms with Crippen molar-refractivity contribution in [2.45, 2.75) is 25.6 Å². The van der Waals surface area contributed by atoms with Crippen molar-refractivity contribution < 1.29 is 32.7 Å². The average Bonchev–Trinajstić information content (AvgIpc) is 2.85. The molecule has 196 valence electrons. The number of anilines is 2. The molecule has 0 aliphatic carbocycles. The second-order valence-electron chi connectivity index (χ2n) is 7.94. The molecule has 0 aromatic carbocycles. The Labute approximate surface area is 202 Å². The first-order valence-corrected chi connectivity index (χ1v) is 10.9. The van der Waals surface area contributed by atoms with E-state index in [0.717, 1.165) is 6.20 Å². The summed E-state index contributed by atoms with van der Waals surface area (Å²) < 4.78 is 44.8. The van der Waals surface area contributed by atoms with Crippen LogP contribution in [-0.4, -0.2) is 87.5 Å². The summed E-state index contributed by atoms with van der Waals surface area (Å²) in [6.45, 7) is 3.46. The van der Waals surface area contributed by atoms with Crippen molar-refractivity contribution in [2.24, 2.45) is 0 Å². The van der Waals surface area contributed by atoms with Gasteiger partial charge in [0.2, 0.25) is 11.9 Å². The van der Waals surface area contributed by atoms with Crippen molar-refractivity contribution in [2.75, 3.05) is 49.6 Å². The maximum absolute atomic E-state index is 13.1. The maximum atomic E-state index is 13.1. The van der Waals surface area contributed by atoms with Crippen molar-refractivity contribution in [3.8, 4) is 0 Å². The zero-order valence-electron chi connectivity index (χ0n) is 19.2. The molecule has 4 N–H and O–H groups in total. The number of alkyl halides is 3. The van der Waals surface area contributed by atoms with Crippen molar-refractivity contribution in [3.05, 3.63) is 40.1 Å². The average molecular weight is 514 g/mol. The van der Waals surface area contributed by atoms with Gasteiger partial charge in [-0.25, -0.2) is 20.5 Å². The van der Waals surface area contributed by atoms with Crippen molar-refractivity contribution in [1.82, 2.24) is 30.5 Å². The van der Waals surface area contributed by atoms with Crippen LogP contribution >= 0.6 is 0 Å². The van der Waals surface area contributed by atoms with Gasteiger partial charge in [-0.3, -0.25) is 19.6 Å². The van der Waals surface area contributed by atoms with Gasteiger partial charge in [0.25, 0.3) is 11.5 Å². The van der Waals surface area contributed by atoms with Gasteiger partial charge in [-0.05, 0) is 6.92 Å². The van der Waals surface area contributed by atoms with Gasteiger partial charge in [0, 0.05) is 44.6 Å². The number of nitrogens with zero attached hydrogens (tertiary/aromatic N) is 5. The summed E-state index contributed by atoms with van der Waals surface area (Å²) in [4.78, 5) is 47.0. The zero-order chi connectivity index (χ0) is 26.3. The molecular weight excluding hydrogens is 489 g/mol. The fourth-order valence-corrected chi connectivity index (χ4v) is 3.50. The van der Waals surface area contributed by atoms with Gasteiger partial charge in [-0.1, -0.05) is 0 Å². The number of carbonyl (C=O) groups is 2. The predicted octanol–water partition coefficient (Wildman–Crippen LogP) is 0.254. The molecule has 2 aromatic rings. The smallest absolute Gasteiger partial charge is 0.379 e. The molecule has 16 heteroatoms. The van der Waals surface area contributed by atoms with E-state index in [0.29, 0.717) is 32.1 Å². The van der Waals surface area contributed by atoms with Crippen LogP contribution in [0.1, 0.15) is 29.3 Å². The van der Waals surface area contributed by atoms with Crippen LogP contribution in [0.2, 0.25) is 0 Å². The Morgan fingerprint density at radius 2 is 1.86 bits per heavy atom. The van der Waals surface area contributed by atoms with Crippen LogP contribution in [0.15, 0.2) is 23.4 Å². The Hall–Kier alpha value is -3.79. The molecule has 0 bridgehead atoms. The summed E-state index contributed by atoms with van der Waals surface area (Å²) in [5.41, 5.74) is -1.56. The minimum atomic E-state index is -4.85. The van der Waals surface area contributed by atoms with E-state index in [1.54, 1.807) is 16.9 Å². The number of hydrogen-bond donors (Lipinski definition) is 4. The second kappa shape index (κ2) is 11.8. The van der Waals surface area contributed by atoms with E-state index in [4.69, 9.17) is 9.94 Å². The molecule has 0 saturated carbocycles. The molecule has 3 rings (SSSR count). The Balaban J connectivity index is 1.39. The van der Waals surface area contributed by atoms with E-state index in [-0.39, 0.29) is 31.1 Å². The largest absolute Gasteiger partial charge is 0.423 e. The van der Waals surface area contributed by atoms with Gasteiger partial charge >= 0.3 is 6.18 Å². The van der Waals surface area contributed by atoms with Gasteiger partial charge in [0.1, 0.15) is 5.56 Å². The van der Waals surface area contributed by atoms with E-state index >= 15 is 0 Å². The Morgan fingerprint density at radius 1 is 1.19 bits per heavy atom. The first-order valence-electron chi connectivity index (χ1n) is 10.9. The highest BCUT2D eigenvalue weighted by Gasteiger charge is 2.37. The normalized spacial score (nSPS) is 14.9. The van der Waals surface area contributed by atoms with E-state index in [1.807, 2.05) is 4.90 Å². The Bertz CT molecular complexity index is 1100. The summed E-state index contributed by atoms with van der Waals surface area (Å²) in [6, 6.07) is -0.580. The SMILES string of the molecule is C[C@@H](COCCC(=O)N1CCN(c2ncc(C(=O)NO)cn2)CC1)Nc1cn[nH]c(=O)c1C(F)(F)F. The summed E-state index contributed by atoms with van der Waals surface area (Å²) in [5.74, 6) is -0.460. The minimum Gasteiger partial charge on any atom is -0.379 e. The molecule has 0 unspecified atom stereocenters. The summed E-state index contributed by atoms with van der Waals surface area (Å²) in [7, 11) is 0. The van der Waals surface area contributed by atoms with Gasteiger partial charge in [0.05, 0.1) is 37.1 Å². The highest BCUT2D eigenvalue weighted by molar-refractivity contribution is 5.92. The van der Waals surface area contributed by atoms with Gasteiger partial charge in [-0.15, -0.1) is 0 Å². The first kappa shape index (κ1) is 26.8. The van der Waals surface area contributed by atoms with E-state index in [1.165, 1.54) is 17.9 Å². The highest BCUT2D eigenvalue weighted by Crippen LogP contribution is 2.31. The third-order valence-electron chi connectivity index (χ3n) is 5.29. The number of piperazine rings is 1. The summed E-state index contributed by atoms with van der Waals surface area (Å²) >= 11 is 0. The number of hydroxylamine groups is 1. The fraction of sp³-hybridized carbons (Fsp3) is 0.500. The molecule has 3 heterocycles. The molecule has 1 fully saturated rings. The predicted molar refractivity (Wildman–Crippen MR) is 118 cm³/mol. The van der Waals surface area contributed by atoms with Gasteiger partial charge < -0.3 is 19.9 Å². The van der Waals surface area contributed by atoms with Crippen LogP contribution in [0, 0.1) is 0 Å². The lowest BCUT2D eigenvalue weighted by Crippen LogP contribution is -2.49. The van der Waals surface area contributed by atoms with Crippen molar-refractivity contribution >= 4 is 23.5 Å². The number of aromatic amines is 1. The molecular formula is C20H25F3N8O5. The molecule has 2 amide bonds. The monoisotopic (exact) mass is 514 g/mol. The molecule has 2 aromatic heterocycles. The number of ether oxygens (including phenoxy) is 1. The fourth-order valence-electron chi connectivity index (χ4n) is 3.50. The lowest BCUT2D eigenvalue weighted by Gasteiger charge is -2.34. The zero-order valence-corrected chi connectivity index (χ0v) is 19.2. The van der Waals surface area contributed by atoms with Crippen LogP contribution in [0.25, 0.3) is 0 Å². The maximum Gasteiger partial charge on any atom is 0.423 e. The number of carbonyl (C=O) groups excluding carboxylic acids is 2. The molecule has 0 radical (unpaired) electrons. The van der Waals surface area contributed by atoms with E-state index in [2.05, 4.69) is 20.4 Å².